The molecule has 1 aromatic heterocycles. The highest BCUT2D eigenvalue weighted by Gasteiger charge is 2.51. The number of ether oxygens (including phenoxy) is 4. The molecular formula is C27H30O17. The second-order valence-electron chi connectivity index (χ2n) is 10.3. The molecule has 2 aliphatic heterocycles. The Morgan fingerprint density at radius 1 is 0.705 bits per heavy atom. The molecule has 0 bridgehead atoms. The van der Waals surface area contributed by atoms with Gasteiger partial charge in [0.2, 0.25) is 17.5 Å². The lowest BCUT2D eigenvalue weighted by atomic mass is 9.97. The summed E-state index contributed by atoms with van der Waals surface area (Å²) in [7, 11) is 0. The average Bonchev–Trinajstić information content (AvgIpc) is 2.98. The zero-order chi connectivity index (χ0) is 32.0. The summed E-state index contributed by atoms with van der Waals surface area (Å²) in [6.45, 7) is -1.67. The van der Waals surface area contributed by atoms with Gasteiger partial charge in [0.25, 0.3) is 0 Å². The molecule has 10 atom stereocenters. The van der Waals surface area contributed by atoms with Crippen molar-refractivity contribution in [1.82, 2.24) is 0 Å². The van der Waals surface area contributed by atoms with Gasteiger partial charge in [-0.05, 0) is 18.2 Å². The van der Waals surface area contributed by atoms with E-state index in [1.54, 1.807) is 0 Å². The van der Waals surface area contributed by atoms with Gasteiger partial charge in [-0.25, -0.2) is 0 Å². The van der Waals surface area contributed by atoms with E-state index in [1.165, 1.54) is 6.07 Å². The molecule has 17 heteroatoms. The Bertz CT molecular complexity index is 1550. The summed E-state index contributed by atoms with van der Waals surface area (Å²) in [5.74, 6) is -3.44. The Hall–Kier alpha value is -3.75. The molecular weight excluding hydrogens is 596 g/mol. The van der Waals surface area contributed by atoms with Crippen LogP contribution in [0.2, 0.25) is 0 Å². The SMILES string of the molecule is O=c1c(O[C@@H]2O[C@@H](CO)[C@@H](O[C@@H]3O[C@H](CO)[C@@H](O)[C@H](O)[C@H]3O)[C@H](O)[C@H]2O)c(-c2ccc(O)c(O)c2)oc2cc(O)cc(O)c12. The normalized spacial score (nSPS) is 32.5. The lowest BCUT2D eigenvalue weighted by Gasteiger charge is -2.45. The van der Waals surface area contributed by atoms with Crippen LogP contribution in [0.4, 0.5) is 0 Å². The minimum atomic E-state index is -2.04. The minimum absolute atomic E-state index is 0.0504. The van der Waals surface area contributed by atoms with Crippen molar-refractivity contribution < 1.29 is 79.5 Å². The van der Waals surface area contributed by atoms with Crippen molar-refractivity contribution in [3.63, 3.8) is 0 Å². The minimum Gasteiger partial charge on any atom is -0.508 e. The predicted molar refractivity (Wildman–Crippen MR) is 142 cm³/mol. The summed E-state index contributed by atoms with van der Waals surface area (Å²) in [6.07, 6.45) is -17.7. The molecule has 0 amide bonds. The number of rotatable bonds is 7. The molecule has 3 heterocycles. The van der Waals surface area contributed by atoms with E-state index in [9.17, 15) is 61.0 Å². The van der Waals surface area contributed by atoms with Crippen LogP contribution in [0.3, 0.4) is 0 Å². The van der Waals surface area contributed by atoms with E-state index in [4.69, 9.17) is 23.4 Å². The molecule has 44 heavy (non-hydrogen) atoms. The van der Waals surface area contributed by atoms with Gasteiger partial charge in [-0.2, -0.15) is 0 Å². The molecule has 0 spiro atoms. The van der Waals surface area contributed by atoms with Crippen LogP contribution in [-0.2, 0) is 14.2 Å². The van der Waals surface area contributed by atoms with E-state index in [0.29, 0.717) is 0 Å². The monoisotopic (exact) mass is 626 g/mol. The Balaban J connectivity index is 1.49. The standard InChI is InChI=1S/C27H30O17/c28-6-14-17(34)19(36)21(38)26(41-14)43-24-15(7-29)42-27(22(39)20(24)37)44-25-18(35)16-12(33)4-9(30)5-13(16)40-23(25)8-1-2-10(31)11(32)3-8/h1-5,14-15,17,19-22,24,26-34,36-39H,6-7H2/t14-,15+,17-,19+,20-,21-,22-,24-,26+,27+/m1/s1. The maximum Gasteiger partial charge on any atom is 0.239 e. The molecule has 0 saturated carbocycles. The van der Waals surface area contributed by atoms with E-state index in [-0.39, 0.29) is 11.1 Å². The molecule has 0 unspecified atom stereocenters. The maximum atomic E-state index is 13.6. The molecule has 3 aromatic rings. The number of phenols is 4. The topological polar surface area (TPSA) is 290 Å². The van der Waals surface area contributed by atoms with Crippen molar-refractivity contribution in [2.24, 2.45) is 0 Å². The Kier molecular flexibility index (Phi) is 8.87. The summed E-state index contributed by atoms with van der Waals surface area (Å²) >= 11 is 0. The van der Waals surface area contributed by atoms with Crippen LogP contribution in [0.25, 0.3) is 22.3 Å². The molecule has 2 fully saturated rings. The van der Waals surface area contributed by atoms with Gasteiger partial charge in [-0.15, -0.1) is 0 Å². The number of aliphatic hydroxyl groups is 7. The van der Waals surface area contributed by atoms with Crippen LogP contribution in [0.1, 0.15) is 0 Å². The smallest absolute Gasteiger partial charge is 0.239 e. The van der Waals surface area contributed by atoms with Crippen LogP contribution in [-0.4, -0.2) is 131 Å². The van der Waals surface area contributed by atoms with Gasteiger partial charge in [0, 0.05) is 17.7 Å². The van der Waals surface area contributed by atoms with Crippen LogP contribution in [0.15, 0.2) is 39.5 Å². The molecule has 17 nitrogen and oxygen atoms in total. The maximum absolute atomic E-state index is 13.6. The lowest BCUT2D eigenvalue weighted by molar-refractivity contribution is -0.352. The Labute approximate surface area is 246 Å². The van der Waals surface area contributed by atoms with Crippen molar-refractivity contribution in [3.8, 4) is 40.1 Å². The third-order valence-electron chi connectivity index (χ3n) is 7.35. The summed E-state index contributed by atoms with van der Waals surface area (Å²) in [4.78, 5) is 13.6. The molecule has 240 valence electrons. The molecule has 11 N–H and O–H groups in total. The van der Waals surface area contributed by atoms with Gasteiger partial charge in [0.15, 0.2) is 23.5 Å². The van der Waals surface area contributed by atoms with Gasteiger partial charge in [0.1, 0.15) is 71.3 Å². The number of fused-ring (bicyclic) bond motifs is 1. The van der Waals surface area contributed by atoms with Crippen molar-refractivity contribution in [1.29, 1.82) is 0 Å². The number of benzene rings is 2. The number of phenolic OH excluding ortho intramolecular Hbond substituents is 4. The van der Waals surface area contributed by atoms with Crippen LogP contribution in [0.5, 0.6) is 28.7 Å². The first kappa shape index (κ1) is 31.7. The molecule has 0 aliphatic carbocycles. The zero-order valence-electron chi connectivity index (χ0n) is 22.4. The third-order valence-corrected chi connectivity index (χ3v) is 7.35. The average molecular weight is 627 g/mol. The lowest BCUT2D eigenvalue weighted by Crippen LogP contribution is -2.65. The second kappa shape index (κ2) is 12.3. The molecule has 2 saturated heterocycles. The zero-order valence-corrected chi connectivity index (χ0v) is 22.4. The third kappa shape index (κ3) is 5.61. The highest BCUT2D eigenvalue weighted by Crippen LogP contribution is 2.39. The fourth-order valence-corrected chi connectivity index (χ4v) is 5.00. The molecule has 5 rings (SSSR count). The van der Waals surface area contributed by atoms with Gasteiger partial charge >= 0.3 is 0 Å². The van der Waals surface area contributed by atoms with Crippen LogP contribution < -0.4 is 10.2 Å². The number of hydrogen-bond donors (Lipinski definition) is 11. The van der Waals surface area contributed by atoms with Crippen molar-refractivity contribution in [2.75, 3.05) is 13.2 Å². The van der Waals surface area contributed by atoms with E-state index in [0.717, 1.165) is 24.3 Å². The summed E-state index contributed by atoms with van der Waals surface area (Å²) in [5.41, 5.74) is -1.41. The van der Waals surface area contributed by atoms with Crippen LogP contribution >= 0.6 is 0 Å². The number of aliphatic hydroxyl groups excluding tert-OH is 7. The van der Waals surface area contributed by atoms with Crippen molar-refractivity contribution in [2.45, 2.75) is 61.4 Å². The molecule has 2 aliphatic rings. The van der Waals surface area contributed by atoms with E-state index < -0.39 is 120 Å². The highest BCUT2D eigenvalue weighted by atomic mass is 16.7. The largest absolute Gasteiger partial charge is 0.508 e. The first-order valence-electron chi connectivity index (χ1n) is 13.2. The fraction of sp³-hybridized carbons (Fsp3) is 0.444. The van der Waals surface area contributed by atoms with Gasteiger partial charge in [-0.1, -0.05) is 0 Å². The molecule has 0 radical (unpaired) electrons. The predicted octanol–water partition coefficient (Wildman–Crippen LogP) is -2.71. The summed E-state index contributed by atoms with van der Waals surface area (Å²) in [6, 6.07) is 5.17. The highest BCUT2D eigenvalue weighted by molar-refractivity contribution is 5.88. The van der Waals surface area contributed by atoms with Gasteiger partial charge < -0.3 is 79.5 Å². The van der Waals surface area contributed by atoms with Crippen molar-refractivity contribution in [3.05, 3.63) is 40.6 Å². The Morgan fingerprint density at radius 2 is 1.36 bits per heavy atom. The number of hydrogen-bond acceptors (Lipinski definition) is 17. The van der Waals surface area contributed by atoms with Gasteiger partial charge in [0.05, 0.1) is 13.2 Å². The van der Waals surface area contributed by atoms with E-state index in [1.807, 2.05) is 0 Å². The first-order valence-corrected chi connectivity index (χ1v) is 13.2. The first-order chi connectivity index (χ1) is 20.9. The quantitative estimate of drug-likeness (QED) is 0.119. The van der Waals surface area contributed by atoms with E-state index in [2.05, 4.69) is 0 Å². The van der Waals surface area contributed by atoms with Crippen molar-refractivity contribution >= 4 is 11.0 Å². The summed E-state index contributed by atoms with van der Waals surface area (Å²) < 4.78 is 27.8. The fourth-order valence-electron chi connectivity index (χ4n) is 5.00. The van der Waals surface area contributed by atoms with Gasteiger partial charge in [-0.3, -0.25) is 4.79 Å². The van der Waals surface area contributed by atoms with E-state index >= 15 is 0 Å². The number of aromatic hydroxyl groups is 4. The Morgan fingerprint density at radius 3 is 2.02 bits per heavy atom. The summed E-state index contributed by atoms with van der Waals surface area (Å²) in [5, 5.41) is 111. The second-order valence-corrected chi connectivity index (χ2v) is 10.3. The molecule has 2 aromatic carbocycles. The van der Waals surface area contributed by atoms with Crippen LogP contribution in [0, 0.1) is 0 Å².